The van der Waals surface area contributed by atoms with E-state index in [1.165, 1.54) is 30.0 Å². The summed E-state index contributed by atoms with van der Waals surface area (Å²) in [6, 6.07) is 16.8. The lowest BCUT2D eigenvalue weighted by molar-refractivity contribution is -0.121. The Bertz CT molecular complexity index is 956. The molecule has 3 N–H and O–H groups in total. The molecule has 0 unspecified atom stereocenters. The third kappa shape index (κ3) is 5.52. The summed E-state index contributed by atoms with van der Waals surface area (Å²) in [5.74, 6) is -1.27. The number of benzene rings is 2. The summed E-state index contributed by atoms with van der Waals surface area (Å²) in [5, 5.41) is 3.12. The van der Waals surface area contributed by atoms with Crippen molar-refractivity contribution in [1.82, 2.24) is 16.2 Å². The quantitative estimate of drug-likeness (QED) is 0.537. The SMILES string of the molecule is CCc1ccc([C@H](NCC(=O)NNC(=O)c2ccco2)c2cccc(F)c2)cc1. The molecule has 0 aliphatic rings. The van der Waals surface area contributed by atoms with Gasteiger partial charge in [0.05, 0.1) is 18.8 Å². The van der Waals surface area contributed by atoms with E-state index >= 15 is 0 Å². The molecule has 0 radical (unpaired) electrons. The molecule has 0 saturated carbocycles. The highest BCUT2D eigenvalue weighted by molar-refractivity contribution is 5.93. The van der Waals surface area contributed by atoms with E-state index in [1.54, 1.807) is 18.2 Å². The van der Waals surface area contributed by atoms with E-state index in [0.717, 1.165) is 12.0 Å². The Morgan fingerprint density at radius 2 is 1.79 bits per heavy atom. The number of nitrogens with one attached hydrogen (secondary N) is 3. The monoisotopic (exact) mass is 395 g/mol. The van der Waals surface area contributed by atoms with Crippen molar-refractivity contribution in [3.63, 3.8) is 0 Å². The topological polar surface area (TPSA) is 83.4 Å². The lowest BCUT2D eigenvalue weighted by atomic mass is 9.97. The van der Waals surface area contributed by atoms with Crippen molar-refractivity contribution in [3.8, 4) is 0 Å². The van der Waals surface area contributed by atoms with Crippen LogP contribution in [0.5, 0.6) is 0 Å². The number of halogens is 1. The highest BCUT2D eigenvalue weighted by Gasteiger charge is 2.16. The number of amides is 2. The summed E-state index contributed by atoms with van der Waals surface area (Å²) in [5.41, 5.74) is 7.39. The van der Waals surface area contributed by atoms with Gasteiger partial charge in [-0.15, -0.1) is 0 Å². The van der Waals surface area contributed by atoms with Gasteiger partial charge in [0.2, 0.25) is 0 Å². The minimum absolute atomic E-state index is 0.0882. The number of hydrogen-bond acceptors (Lipinski definition) is 4. The normalized spacial score (nSPS) is 11.7. The molecule has 7 heteroatoms. The second kappa shape index (κ2) is 9.66. The molecule has 1 aromatic heterocycles. The summed E-state index contributed by atoms with van der Waals surface area (Å²) in [4.78, 5) is 24.0. The van der Waals surface area contributed by atoms with Crippen molar-refractivity contribution < 1.29 is 18.4 Å². The van der Waals surface area contributed by atoms with Gasteiger partial charge >= 0.3 is 5.91 Å². The zero-order valence-electron chi connectivity index (χ0n) is 15.9. The summed E-state index contributed by atoms with van der Waals surface area (Å²) in [7, 11) is 0. The van der Waals surface area contributed by atoms with E-state index in [2.05, 4.69) is 23.1 Å². The maximum Gasteiger partial charge on any atom is 0.305 e. The molecule has 0 aliphatic carbocycles. The Morgan fingerprint density at radius 1 is 1.00 bits per heavy atom. The van der Waals surface area contributed by atoms with Crippen LogP contribution in [0.4, 0.5) is 4.39 Å². The van der Waals surface area contributed by atoms with Crippen molar-refractivity contribution >= 4 is 11.8 Å². The number of furan rings is 1. The molecule has 0 aliphatic heterocycles. The molecule has 0 saturated heterocycles. The fourth-order valence-corrected chi connectivity index (χ4v) is 2.89. The fourth-order valence-electron chi connectivity index (χ4n) is 2.89. The van der Waals surface area contributed by atoms with Crippen molar-refractivity contribution in [1.29, 1.82) is 0 Å². The van der Waals surface area contributed by atoms with Gasteiger partial charge in [-0.05, 0) is 47.4 Å². The van der Waals surface area contributed by atoms with Gasteiger partial charge in [0.1, 0.15) is 5.82 Å². The van der Waals surface area contributed by atoms with Gasteiger partial charge in [0, 0.05) is 0 Å². The first-order chi connectivity index (χ1) is 14.1. The first-order valence-electron chi connectivity index (χ1n) is 9.27. The number of rotatable bonds is 7. The average Bonchev–Trinajstić information content (AvgIpc) is 3.28. The Morgan fingerprint density at radius 3 is 2.45 bits per heavy atom. The van der Waals surface area contributed by atoms with Crippen LogP contribution in [0.1, 0.15) is 40.2 Å². The molecule has 150 valence electrons. The van der Waals surface area contributed by atoms with Crippen LogP contribution in [0.3, 0.4) is 0 Å². The van der Waals surface area contributed by atoms with E-state index in [1.807, 2.05) is 24.3 Å². The van der Waals surface area contributed by atoms with Gasteiger partial charge in [0.25, 0.3) is 5.91 Å². The third-order valence-electron chi connectivity index (χ3n) is 4.43. The molecular weight excluding hydrogens is 373 g/mol. The fraction of sp³-hybridized carbons (Fsp3) is 0.182. The minimum atomic E-state index is -0.555. The van der Waals surface area contributed by atoms with Crippen molar-refractivity contribution in [2.24, 2.45) is 0 Å². The van der Waals surface area contributed by atoms with Crippen LogP contribution in [0.2, 0.25) is 0 Å². The zero-order valence-corrected chi connectivity index (χ0v) is 15.9. The lowest BCUT2D eigenvalue weighted by Crippen LogP contribution is -2.46. The van der Waals surface area contributed by atoms with Crippen LogP contribution in [0.15, 0.2) is 71.3 Å². The first-order valence-corrected chi connectivity index (χ1v) is 9.27. The predicted molar refractivity (Wildman–Crippen MR) is 106 cm³/mol. The standard InChI is InChI=1S/C22H22FN3O3/c1-2-15-8-10-16(11-9-15)21(17-5-3-6-18(23)13-17)24-14-20(27)25-26-22(28)19-7-4-12-29-19/h3-13,21,24H,2,14H2,1H3,(H,25,27)(H,26,28)/t21-/m0/s1. The Kier molecular flexibility index (Phi) is 6.76. The molecule has 0 fully saturated rings. The van der Waals surface area contributed by atoms with Gasteiger partial charge in [-0.1, -0.05) is 43.3 Å². The second-order valence-electron chi connectivity index (χ2n) is 6.44. The summed E-state index contributed by atoms with van der Waals surface area (Å²) in [6.45, 7) is 1.98. The van der Waals surface area contributed by atoms with Gasteiger partial charge < -0.3 is 4.42 Å². The highest BCUT2D eigenvalue weighted by atomic mass is 19.1. The average molecular weight is 395 g/mol. The summed E-state index contributed by atoms with van der Waals surface area (Å²) >= 11 is 0. The van der Waals surface area contributed by atoms with Crippen LogP contribution < -0.4 is 16.2 Å². The van der Waals surface area contributed by atoms with E-state index < -0.39 is 11.8 Å². The first kappa shape index (κ1) is 20.3. The van der Waals surface area contributed by atoms with E-state index in [0.29, 0.717) is 5.56 Å². The number of aryl methyl sites for hydroxylation is 1. The van der Waals surface area contributed by atoms with E-state index in [-0.39, 0.29) is 24.2 Å². The van der Waals surface area contributed by atoms with Crippen LogP contribution in [0.25, 0.3) is 0 Å². The molecule has 2 amide bonds. The van der Waals surface area contributed by atoms with Crippen LogP contribution >= 0.6 is 0 Å². The smallest absolute Gasteiger partial charge is 0.305 e. The molecule has 2 aromatic carbocycles. The Labute approximate surface area is 168 Å². The van der Waals surface area contributed by atoms with E-state index in [9.17, 15) is 14.0 Å². The van der Waals surface area contributed by atoms with Crippen LogP contribution in [-0.4, -0.2) is 18.4 Å². The van der Waals surface area contributed by atoms with E-state index in [4.69, 9.17) is 4.42 Å². The van der Waals surface area contributed by atoms with Crippen molar-refractivity contribution in [2.75, 3.05) is 6.54 Å². The van der Waals surface area contributed by atoms with Crippen molar-refractivity contribution in [2.45, 2.75) is 19.4 Å². The molecular formula is C22H22FN3O3. The maximum absolute atomic E-state index is 13.7. The predicted octanol–water partition coefficient (Wildman–Crippen LogP) is 3.12. The molecule has 0 bridgehead atoms. The van der Waals surface area contributed by atoms with Crippen molar-refractivity contribution in [3.05, 3.63) is 95.2 Å². The number of hydrogen-bond donors (Lipinski definition) is 3. The Hall–Kier alpha value is -3.45. The number of carbonyl (C=O) groups excluding carboxylic acids is 2. The van der Waals surface area contributed by atoms with Gasteiger partial charge in [-0.25, -0.2) is 4.39 Å². The highest BCUT2D eigenvalue weighted by Crippen LogP contribution is 2.23. The molecule has 1 atom stereocenters. The second-order valence-corrected chi connectivity index (χ2v) is 6.44. The Balaban J connectivity index is 1.66. The number of carbonyl (C=O) groups is 2. The molecule has 3 aromatic rings. The van der Waals surface area contributed by atoms with Gasteiger partial charge in [-0.3, -0.25) is 25.8 Å². The minimum Gasteiger partial charge on any atom is -0.459 e. The lowest BCUT2D eigenvalue weighted by Gasteiger charge is -2.20. The molecule has 29 heavy (non-hydrogen) atoms. The molecule has 1 heterocycles. The molecule has 0 spiro atoms. The zero-order chi connectivity index (χ0) is 20.6. The third-order valence-corrected chi connectivity index (χ3v) is 4.43. The maximum atomic E-state index is 13.7. The number of hydrazine groups is 1. The molecule has 3 rings (SSSR count). The van der Waals surface area contributed by atoms with Crippen LogP contribution in [0, 0.1) is 5.82 Å². The van der Waals surface area contributed by atoms with Gasteiger partial charge in [0.15, 0.2) is 5.76 Å². The summed E-state index contributed by atoms with van der Waals surface area (Å²) < 4.78 is 18.7. The van der Waals surface area contributed by atoms with Crippen LogP contribution in [-0.2, 0) is 11.2 Å². The largest absolute Gasteiger partial charge is 0.459 e. The summed E-state index contributed by atoms with van der Waals surface area (Å²) in [6.07, 6.45) is 2.28. The molecule has 6 nitrogen and oxygen atoms in total. The van der Waals surface area contributed by atoms with Gasteiger partial charge in [-0.2, -0.15) is 0 Å².